The Balaban J connectivity index is 2.43. The summed E-state index contributed by atoms with van der Waals surface area (Å²) in [6.07, 6.45) is -2.09. The number of thioether (sulfide) groups is 1. The van der Waals surface area contributed by atoms with Gasteiger partial charge in [0.1, 0.15) is 23.4 Å². The van der Waals surface area contributed by atoms with Gasteiger partial charge in [-0.2, -0.15) is 5.09 Å². The molecule has 1 unspecified atom stereocenters. The van der Waals surface area contributed by atoms with Gasteiger partial charge in [0.2, 0.25) is 13.8 Å². The lowest BCUT2D eigenvalue weighted by molar-refractivity contribution is -0.162. The fourth-order valence-electron chi connectivity index (χ4n) is 3.08. The summed E-state index contributed by atoms with van der Waals surface area (Å²) in [6, 6.07) is 0. The van der Waals surface area contributed by atoms with Crippen molar-refractivity contribution in [2.75, 3.05) is 25.2 Å². The highest BCUT2D eigenvalue weighted by Crippen LogP contribution is 2.49. The number of fused-ring (bicyclic) bond motifs is 1. The van der Waals surface area contributed by atoms with E-state index in [1.54, 1.807) is 0 Å². The van der Waals surface area contributed by atoms with Gasteiger partial charge in [0.25, 0.3) is 5.91 Å². The first-order valence-corrected chi connectivity index (χ1v) is 13.7. The summed E-state index contributed by atoms with van der Waals surface area (Å²) in [5.41, 5.74) is -0.145. The monoisotopic (exact) mass is 595 g/mol. The Morgan fingerprint density at radius 2 is 1.81 bits per heavy atom. The Labute approximate surface area is 213 Å². The van der Waals surface area contributed by atoms with Gasteiger partial charge in [0, 0.05) is 25.4 Å². The summed E-state index contributed by atoms with van der Waals surface area (Å²) >= 11 is 36.8. The molecule has 0 saturated carbocycles. The van der Waals surface area contributed by atoms with Crippen LogP contribution < -0.4 is 5.09 Å². The van der Waals surface area contributed by atoms with Crippen molar-refractivity contribution in [2.24, 2.45) is 0 Å². The maximum absolute atomic E-state index is 12.4. The van der Waals surface area contributed by atoms with Crippen molar-refractivity contribution in [3.05, 3.63) is 11.3 Å². The minimum atomic E-state index is -2.02. The van der Waals surface area contributed by atoms with Gasteiger partial charge >= 0.3 is 11.9 Å². The van der Waals surface area contributed by atoms with Crippen molar-refractivity contribution in [2.45, 2.75) is 32.2 Å². The van der Waals surface area contributed by atoms with E-state index in [4.69, 9.17) is 79.1 Å². The zero-order valence-electron chi connectivity index (χ0n) is 16.0. The third-order valence-electron chi connectivity index (χ3n) is 4.17. The number of alkyl halides is 6. The fraction of sp³-hybridized carbons (Fsp3) is 0.667. The molecule has 2 rings (SSSR count). The van der Waals surface area contributed by atoms with Crippen molar-refractivity contribution >= 4 is 107 Å². The summed E-state index contributed by atoms with van der Waals surface area (Å²) in [7, 11) is -0.658. The highest BCUT2D eigenvalue weighted by molar-refractivity contribution is 8.00. The molecule has 2 heterocycles. The zero-order chi connectivity index (χ0) is 23.7. The molecule has 8 nitrogen and oxygen atoms in total. The molecule has 3 atom stereocenters. The predicted octanol–water partition coefficient (Wildman–Crippen LogP) is 3.60. The van der Waals surface area contributed by atoms with Crippen LogP contribution in [0, 0.1) is 0 Å². The van der Waals surface area contributed by atoms with Crippen LogP contribution in [0.5, 0.6) is 0 Å². The second-order valence-electron chi connectivity index (χ2n) is 6.57. The van der Waals surface area contributed by atoms with E-state index >= 15 is 0 Å². The third-order valence-corrected chi connectivity index (χ3v) is 10.2. The number of methoxy groups -OCH3 is 1. The maximum atomic E-state index is 12.4. The lowest BCUT2D eigenvalue weighted by atomic mass is 10.0. The van der Waals surface area contributed by atoms with E-state index in [9.17, 15) is 19.5 Å². The first-order chi connectivity index (χ1) is 14.1. The van der Waals surface area contributed by atoms with Crippen LogP contribution in [0.4, 0.5) is 0 Å². The SMILES string of the molecule is CO[C@H]1C(=O)N2C(C(=O)O)=C(C(N[PH+](CC(Cl)(Cl)Cl)CC(Cl)(Cl)Cl)OC(C)=O)CS[C@H]12. The van der Waals surface area contributed by atoms with Crippen LogP contribution in [0.15, 0.2) is 11.3 Å². The number of carboxylic acids is 1. The highest BCUT2D eigenvalue weighted by atomic mass is 35.6. The van der Waals surface area contributed by atoms with E-state index in [-0.39, 0.29) is 29.3 Å². The number of amides is 1. The molecule has 2 aliphatic heterocycles. The molecule has 2 aliphatic rings. The predicted molar refractivity (Wildman–Crippen MR) is 126 cm³/mol. The molecular weight excluding hydrogens is 580 g/mol. The normalized spacial score (nSPS) is 22.9. The number of esters is 1. The van der Waals surface area contributed by atoms with Gasteiger partial charge in [-0.05, 0) is 0 Å². The Morgan fingerprint density at radius 1 is 1.26 bits per heavy atom. The number of halogens is 6. The highest BCUT2D eigenvalue weighted by Gasteiger charge is 2.55. The smallest absolute Gasteiger partial charge is 0.352 e. The minimum Gasteiger partial charge on any atom is -0.477 e. The van der Waals surface area contributed by atoms with E-state index in [0.717, 1.165) is 11.8 Å². The average Bonchev–Trinajstić information content (AvgIpc) is 2.56. The number of nitrogens with zero attached hydrogens (tertiary/aromatic N) is 1. The Bertz CT molecular complexity index is 760. The molecule has 0 aliphatic carbocycles. The van der Waals surface area contributed by atoms with Crippen molar-refractivity contribution in [1.82, 2.24) is 9.99 Å². The van der Waals surface area contributed by atoms with Crippen LogP contribution in [0.25, 0.3) is 0 Å². The summed E-state index contributed by atoms with van der Waals surface area (Å²) < 4.78 is 7.06. The van der Waals surface area contributed by atoms with Gasteiger partial charge in [-0.3, -0.25) is 14.5 Å². The topological polar surface area (TPSA) is 105 Å². The summed E-state index contributed by atoms with van der Waals surface area (Å²) in [5.74, 6) is -2.43. The van der Waals surface area contributed by atoms with Crippen LogP contribution in [0.1, 0.15) is 6.92 Å². The molecule has 0 spiro atoms. The number of β-lactam (4-membered cyclic amide) rings is 1. The number of carboxylic acid groups (broad SMARTS) is 1. The first kappa shape index (κ1) is 27.8. The molecule has 16 heteroatoms. The Kier molecular flexibility index (Phi) is 9.78. The molecule has 0 aromatic rings. The summed E-state index contributed by atoms with van der Waals surface area (Å²) in [5, 5.41) is 12.3. The average molecular weight is 598 g/mol. The number of ether oxygens (including phenoxy) is 2. The van der Waals surface area contributed by atoms with Gasteiger partial charge in [-0.1, -0.05) is 69.6 Å². The van der Waals surface area contributed by atoms with E-state index in [1.807, 2.05) is 0 Å². The fourth-order valence-corrected chi connectivity index (χ4v) is 9.28. The number of nitrogens with one attached hydrogen (secondary N) is 1. The number of hydrogen-bond donors (Lipinski definition) is 2. The molecule has 176 valence electrons. The maximum Gasteiger partial charge on any atom is 0.352 e. The van der Waals surface area contributed by atoms with Crippen LogP contribution >= 0.6 is 89.4 Å². The number of aliphatic carboxylic acids is 1. The van der Waals surface area contributed by atoms with Crippen molar-refractivity contribution < 1.29 is 29.0 Å². The number of carbonyl (C=O) groups excluding carboxylic acids is 2. The van der Waals surface area contributed by atoms with Gasteiger partial charge in [-0.25, -0.2) is 4.79 Å². The van der Waals surface area contributed by atoms with Crippen molar-refractivity contribution in [1.29, 1.82) is 0 Å². The molecule has 0 bridgehead atoms. The summed E-state index contributed by atoms with van der Waals surface area (Å²) in [6.45, 7) is 1.15. The molecule has 2 N–H and O–H groups in total. The minimum absolute atomic E-state index is 0.0478. The largest absolute Gasteiger partial charge is 0.477 e. The first-order valence-electron chi connectivity index (χ1n) is 8.50. The van der Waals surface area contributed by atoms with E-state index in [1.165, 1.54) is 18.9 Å². The van der Waals surface area contributed by atoms with Gasteiger partial charge in [-0.15, -0.1) is 11.8 Å². The quantitative estimate of drug-likeness (QED) is 0.144. The van der Waals surface area contributed by atoms with Gasteiger partial charge < -0.3 is 14.6 Å². The molecule has 0 aromatic carbocycles. The number of hydrogen-bond acceptors (Lipinski definition) is 7. The number of rotatable bonds is 8. The van der Waals surface area contributed by atoms with Crippen molar-refractivity contribution in [3.63, 3.8) is 0 Å². The molecule has 0 radical (unpaired) electrons. The van der Waals surface area contributed by atoms with Crippen molar-refractivity contribution in [3.8, 4) is 0 Å². The van der Waals surface area contributed by atoms with Gasteiger partial charge in [0.15, 0.2) is 6.10 Å². The van der Waals surface area contributed by atoms with Crippen LogP contribution in [-0.2, 0) is 23.9 Å². The van der Waals surface area contributed by atoms with Crippen LogP contribution in [-0.4, -0.2) is 78.3 Å². The molecule has 1 fully saturated rings. The molecule has 31 heavy (non-hydrogen) atoms. The van der Waals surface area contributed by atoms with Crippen LogP contribution in [0.2, 0.25) is 0 Å². The zero-order valence-corrected chi connectivity index (χ0v) is 22.3. The second-order valence-corrected chi connectivity index (χ2v) is 14.9. The molecular formula is C15H18Cl6N2O6PS+. The molecule has 1 saturated heterocycles. The lowest BCUT2D eigenvalue weighted by Crippen LogP contribution is -2.66. The van der Waals surface area contributed by atoms with Gasteiger partial charge in [0.05, 0.1) is 8.07 Å². The van der Waals surface area contributed by atoms with E-state index in [2.05, 4.69) is 5.09 Å². The lowest BCUT2D eigenvalue weighted by Gasteiger charge is -2.49. The van der Waals surface area contributed by atoms with E-state index < -0.39 is 51.2 Å². The third kappa shape index (κ3) is 7.54. The Hall–Kier alpha value is 0.590. The Morgan fingerprint density at radius 3 is 2.23 bits per heavy atom. The second kappa shape index (κ2) is 10.9. The van der Waals surface area contributed by atoms with Crippen LogP contribution in [0.3, 0.4) is 0 Å². The summed E-state index contributed by atoms with van der Waals surface area (Å²) in [4.78, 5) is 37.3. The van der Waals surface area contributed by atoms with E-state index in [0.29, 0.717) is 0 Å². The number of carbonyl (C=O) groups is 3. The molecule has 0 aromatic heterocycles. The molecule has 1 amide bonds. The standard InChI is InChI=1S/C15H17Cl6N2O6PS/c1-6(24)29-10(22-30(4-14(16,17)18)5-15(19,20)21)7-3-31-12-9(28-2)11(25)23(12)8(7)13(26)27/h9-10,12,22H,3-5H2,1-2H3,(H,26,27)/p+1/t9-,10?,12+/m0/s1.